The minimum atomic E-state index is -0.437. The molecule has 2 heterocycles. The molecule has 0 aliphatic heterocycles. The van der Waals surface area contributed by atoms with Crippen LogP contribution in [-0.2, 0) is 5.41 Å². The van der Waals surface area contributed by atoms with Crippen molar-refractivity contribution in [2.75, 3.05) is 0 Å². The highest BCUT2D eigenvalue weighted by Gasteiger charge is 2.46. The van der Waals surface area contributed by atoms with E-state index in [-0.39, 0.29) is 0 Å². The third-order valence-electron chi connectivity index (χ3n) is 11.4. The van der Waals surface area contributed by atoms with Crippen molar-refractivity contribution in [1.82, 2.24) is 9.13 Å². The molecule has 0 saturated heterocycles. The van der Waals surface area contributed by atoms with Gasteiger partial charge in [0.15, 0.2) is 0 Å². The van der Waals surface area contributed by atoms with E-state index in [4.69, 9.17) is 0 Å². The molecular weight excluding hydrogens is 641 g/mol. The Balaban J connectivity index is 1.13. The van der Waals surface area contributed by atoms with Crippen LogP contribution in [0.2, 0.25) is 0 Å². The van der Waals surface area contributed by atoms with Crippen LogP contribution in [0.5, 0.6) is 0 Å². The Labute approximate surface area is 308 Å². The lowest BCUT2D eigenvalue weighted by Gasteiger charge is -2.34. The van der Waals surface area contributed by atoms with E-state index in [1.54, 1.807) is 0 Å². The molecule has 0 saturated carbocycles. The third-order valence-corrected chi connectivity index (χ3v) is 11.4. The molecule has 2 aromatic heterocycles. The molecule has 0 fully saturated rings. The number of hydrogen-bond acceptors (Lipinski definition) is 0. The van der Waals surface area contributed by atoms with Crippen molar-refractivity contribution < 1.29 is 0 Å². The fourth-order valence-corrected chi connectivity index (χ4v) is 9.21. The molecule has 0 atom stereocenters. The molecule has 0 bridgehead atoms. The van der Waals surface area contributed by atoms with Crippen molar-refractivity contribution in [3.8, 4) is 33.6 Å². The van der Waals surface area contributed by atoms with Gasteiger partial charge >= 0.3 is 0 Å². The van der Waals surface area contributed by atoms with Crippen LogP contribution >= 0.6 is 0 Å². The van der Waals surface area contributed by atoms with Crippen molar-refractivity contribution in [3.05, 3.63) is 229 Å². The second-order valence-corrected chi connectivity index (χ2v) is 14.1. The van der Waals surface area contributed by atoms with Gasteiger partial charge in [0.05, 0.1) is 22.0 Å². The summed E-state index contributed by atoms with van der Waals surface area (Å²) in [6.07, 6.45) is 2.20. The van der Waals surface area contributed by atoms with Crippen LogP contribution in [0.15, 0.2) is 206 Å². The Morgan fingerprint density at radius 3 is 1.83 bits per heavy atom. The van der Waals surface area contributed by atoms with Crippen molar-refractivity contribution >= 4 is 32.7 Å². The predicted molar refractivity (Wildman–Crippen MR) is 220 cm³/mol. The average molecular weight is 675 g/mol. The molecule has 0 unspecified atom stereocenters. The Hall–Kier alpha value is -6.90. The molecule has 11 rings (SSSR count). The van der Waals surface area contributed by atoms with Gasteiger partial charge in [0.2, 0.25) is 0 Å². The number of nitrogens with zero attached hydrogens (tertiary/aromatic N) is 2. The van der Waals surface area contributed by atoms with E-state index in [1.165, 1.54) is 77.2 Å². The molecule has 0 N–H and O–H groups in total. The van der Waals surface area contributed by atoms with Gasteiger partial charge in [0.25, 0.3) is 0 Å². The molecule has 0 amide bonds. The highest BCUT2D eigenvalue weighted by atomic mass is 15.0. The fraction of sp³-hybridized carbons (Fsp3) is 0.0196. The van der Waals surface area contributed by atoms with E-state index in [2.05, 4.69) is 216 Å². The summed E-state index contributed by atoms with van der Waals surface area (Å²) >= 11 is 0. The normalized spacial score (nSPS) is 13.1. The molecule has 0 spiro atoms. The second kappa shape index (κ2) is 11.6. The predicted octanol–water partition coefficient (Wildman–Crippen LogP) is 12.8. The van der Waals surface area contributed by atoms with E-state index in [9.17, 15) is 0 Å². The highest BCUT2D eigenvalue weighted by molar-refractivity contribution is 6.20. The Bertz CT molecular complexity index is 2950. The zero-order valence-corrected chi connectivity index (χ0v) is 29.0. The van der Waals surface area contributed by atoms with Crippen molar-refractivity contribution in [2.24, 2.45) is 0 Å². The summed E-state index contributed by atoms with van der Waals surface area (Å²) in [7, 11) is 0. The highest BCUT2D eigenvalue weighted by Crippen LogP contribution is 2.56. The summed E-state index contributed by atoms with van der Waals surface area (Å²) in [6, 6.07) is 73.5. The van der Waals surface area contributed by atoms with E-state index in [1.807, 2.05) is 0 Å². The minimum Gasteiger partial charge on any atom is -0.316 e. The van der Waals surface area contributed by atoms with Gasteiger partial charge in [-0.1, -0.05) is 152 Å². The maximum Gasteiger partial charge on any atom is 0.0713 e. The third kappa shape index (κ3) is 4.27. The van der Waals surface area contributed by atoms with Crippen LogP contribution in [0, 0.1) is 0 Å². The first-order valence-electron chi connectivity index (χ1n) is 18.4. The lowest BCUT2D eigenvalue weighted by molar-refractivity contribution is 0.769. The quantitative estimate of drug-likeness (QED) is 0.172. The van der Waals surface area contributed by atoms with Gasteiger partial charge in [0.1, 0.15) is 0 Å². The van der Waals surface area contributed by atoms with Gasteiger partial charge in [0, 0.05) is 33.7 Å². The molecule has 1 aliphatic carbocycles. The van der Waals surface area contributed by atoms with Crippen LogP contribution in [-0.4, -0.2) is 9.13 Å². The fourth-order valence-electron chi connectivity index (χ4n) is 9.21. The van der Waals surface area contributed by atoms with E-state index >= 15 is 0 Å². The molecule has 53 heavy (non-hydrogen) atoms. The molecule has 10 aromatic rings. The average Bonchev–Trinajstić information content (AvgIpc) is 3.91. The smallest absolute Gasteiger partial charge is 0.0713 e. The van der Waals surface area contributed by atoms with Crippen LogP contribution in [0.4, 0.5) is 0 Å². The Morgan fingerprint density at radius 2 is 1.04 bits per heavy atom. The summed E-state index contributed by atoms with van der Waals surface area (Å²) in [6.45, 7) is 0. The number of fused-ring (bicyclic) bond motifs is 8. The Morgan fingerprint density at radius 1 is 0.396 bits per heavy atom. The van der Waals surface area contributed by atoms with E-state index in [0.717, 1.165) is 11.4 Å². The number of rotatable bonds is 5. The van der Waals surface area contributed by atoms with Gasteiger partial charge in [-0.15, -0.1) is 0 Å². The molecule has 1 aliphatic rings. The molecule has 2 heteroatoms. The Kier molecular flexibility index (Phi) is 6.50. The van der Waals surface area contributed by atoms with Crippen LogP contribution in [0.3, 0.4) is 0 Å². The number of aromatic nitrogens is 2. The zero-order valence-electron chi connectivity index (χ0n) is 29.0. The molecule has 8 aromatic carbocycles. The maximum atomic E-state index is 2.45. The summed E-state index contributed by atoms with van der Waals surface area (Å²) in [4.78, 5) is 0. The molecule has 2 nitrogen and oxygen atoms in total. The van der Waals surface area contributed by atoms with Crippen molar-refractivity contribution in [3.63, 3.8) is 0 Å². The van der Waals surface area contributed by atoms with Crippen molar-refractivity contribution in [2.45, 2.75) is 5.41 Å². The van der Waals surface area contributed by atoms with E-state index < -0.39 is 5.41 Å². The summed E-state index contributed by atoms with van der Waals surface area (Å²) < 4.78 is 4.77. The topological polar surface area (TPSA) is 9.86 Å². The van der Waals surface area contributed by atoms with E-state index in [0.29, 0.717) is 0 Å². The first kappa shape index (κ1) is 29.8. The summed E-state index contributed by atoms with van der Waals surface area (Å²) in [5, 5.41) is 3.75. The summed E-state index contributed by atoms with van der Waals surface area (Å²) in [5.74, 6) is 0. The monoisotopic (exact) mass is 674 g/mol. The second-order valence-electron chi connectivity index (χ2n) is 14.1. The van der Waals surface area contributed by atoms with Gasteiger partial charge < -0.3 is 9.13 Å². The first-order chi connectivity index (χ1) is 26.3. The van der Waals surface area contributed by atoms with Gasteiger partial charge in [-0.2, -0.15) is 0 Å². The first-order valence-corrected chi connectivity index (χ1v) is 18.4. The number of hydrogen-bond donors (Lipinski definition) is 0. The molecule has 0 radical (unpaired) electrons. The van der Waals surface area contributed by atoms with Crippen molar-refractivity contribution in [1.29, 1.82) is 0 Å². The summed E-state index contributed by atoms with van der Waals surface area (Å²) in [5.41, 5.74) is 15.7. The van der Waals surface area contributed by atoms with Gasteiger partial charge in [-0.3, -0.25) is 0 Å². The van der Waals surface area contributed by atoms with Gasteiger partial charge in [-0.25, -0.2) is 0 Å². The van der Waals surface area contributed by atoms with Crippen LogP contribution in [0.1, 0.15) is 22.3 Å². The lowest BCUT2D eigenvalue weighted by atomic mass is 9.67. The van der Waals surface area contributed by atoms with Gasteiger partial charge in [-0.05, 0) is 93.0 Å². The zero-order chi connectivity index (χ0) is 34.9. The maximum absolute atomic E-state index is 2.45. The molecule has 248 valence electrons. The number of benzene rings is 8. The standard InChI is InChI=1S/C51H34N2/c1-4-16-38(17-5-1)51(39-18-6-2-7-19-39)45-25-12-10-23-42(45)43-29-27-37(34-46(43)51)36-15-14-22-41(33-36)53-47-26-13-11-24-44(47)49-48(53)30-28-35-31-32-52(50(35)49)40-20-8-3-9-21-40/h1-34H. The lowest BCUT2D eigenvalue weighted by Crippen LogP contribution is -2.28. The number of para-hydroxylation sites is 2. The largest absolute Gasteiger partial charge is 0.316 e. The SMILES string of the molecule is c1ccc(-n2ccc3ccc4c(c5ccccc5n4-c4cccc(-c5ccc6c(c5)C(c5ccccc5)(c5ccccc5)c5ccccc5-6)c4)c32)cc1. The van der Waals surface area contributed by atoms with Crippen LogP contribution < -0.4 is 0 Å². The minimum absolute atomic E-state index is 0.437. The molecular formula is C51H34N2. The van der Waals surface area contributed by atoms with Crippen LogP contribution in [0.25, 0.3) is 66.3 Å².